The Morgan fingerprint density at radius 3 is 2.89 bits per heavy atom. The number of hydrogen-bond acceptors (Lipinski definition) is 3. The maximum absolute atomic E-state index is 12.0. The molecule has 1 aliphatic rings. The summed E-state index contributed by atoms with van der Waals surface area (Å²) in [5.41, 5.74) is 0.703. The molecule has 6 heteroatoms. The maximum atomic E-state index is 12.0. The van der Waals surface area contributed by atoms with Gasteiger partial charge < -0.3 is 15.4 Å². The predicted octanol–water partition coefficient (Wildman–Crippen LogP) is 1.92. The molecule has 1 aliphatic heterocycles. The molecule has 0 bridgehead atoms. The van der Waals surface area contributed by atoms with E-state index < -0.39 is 0 Å². The molecule has 1 unspecified atom stereocenters. The standard InChI is InChI=1S/C13H15BrN2O3/c1-19-11-4-3-9(6-10(11)14)16-13(18)8-2-5-12(17)15-7-8/h3-4,6,8H,2,5,7H2,1H3,(H,15,17)(H,16,18). The van der Waals surface area contributed by atoms with E-state index in [0.717, 1.165) is 4.47 Å². The second-order valence-corrected chi connectivity index (χ2v) is 5.23. The molecule has 2 N–H and O–H groups in total. The molecule has 1 saturated heterocycles. The minimum absolute atomic E-state index is 0.0104. The molecule has 1 heterocycles. The number of benzene rings is 1. The molecule has 0 aromatic heterocycles. The van der Waals surface area contributed by atoms with Crippen molar-refractivity contribution in [3.63, 3.8) is 0 Å². The van der Waals surface area contributed by atoms with E-state index in [1.54, 1.807) is 25.3 Å². The fourth-order valence-corrected chi connectivity index (χ4v) is 2.49. The number of rotatable bonds is 3. The van der Waals surface area contributed by atoms with Crippen LogP contribution in [0.15, 0.2) is 22.7 Å². The number of halogens is 1. The number of nitrogens with one attached hydrogen (secondary N) is 2. The van der Waals surface area contributed by atoms with Gasteiger partial charge in [0.1, 0.15) is 5.75 Å². The van der Waals surface area contributed by atoms with Crippen LogP contribution in [0.25, 0.3) is 0 Å². The van der Waals surface area contributed by atoms with E-state index in [1.165, 1.54) is 0 Å². The van der Waals surface area contributed by atoms with E-state index in [-0.39, 0.29) is 17.7 Å². The molecule has 0 radical (unpaired) electrons. The molecule has 5 nitrogen and oxygen atoms in total. The van der Waals surface area contributed by atoms with Gasteiger partial charge in [0.15, 0.2) is 0 Å². The molecular weight excluding hydrogens is 312 g/mol. The topological polar surface area (TPSA) is 67.4 Å². The lowest BCUT2D eigenvalue weighted by Crippen LogP contribution is -2.40. The zero-order valence-corrected chi connectivity index (χ0v) is 12.1. The van der Waals surface area contributed by atoms with Crippen LogP contribution in [-0.4, -0.2) is 25.5 Å². The number of ether oxygens (including phenoxy) is 1. The average molecular weight is 327 g/mol. The van der Waals surface area contributed by atoms with Crippen LogP contribution in [0.2, 0.25) is 0 Å². The Labute approximate surface area is 119 Å². The lowest BCUT2D eigenvalue weighted by molar-refractivity contribution is -0.126. The molecule has 1 aromatic rings. The maximum Gasteiger partial charge on any atom is 0.229 e. The highest BCUT2D eigenvalue weighted by molar-refractivity contribution is 9.10. The Bertz CT molecular complexity index is 495. The van der Waals surface area contributed by atoms with Crippen LogP contribution in [0, 0.1) is 5.92 Å². The van der Waals surface area contributed by atoms with Gasteiger partial charge in [0.25, 0.3) is 0 Å². The molecule has 19 heavy (non-hydrogen) atoms. The third-order valence-electron chi connectivity index (χ3n) is 3.06. The lowest BCUT2D eigenvalue weighted by Gasteiger charge is -2.21. The minimum Gasteiger partial charge on any atom is -0.496 e. The fourth-order valence-electron chi connectivity index (χ4n) is 1.95. The van der Waals surface area contributed by atoms with Gasteiger partial charge in [0, 0.05) is 18.7 Å². The summed E-state index contributed by atoms with van der Waals surface area (Å²) in [5, 5.41) is 5.54. The van der Waals surface area contributed by atoms with Gasteiger partial charge in [-0.05, 0) is 40.5 Å². The van der Waals surface area contributed by atoms with Gasteiger partial charge in [-0.2, -0.15) is 0 Å². The summed E-state index contributed by atoms with van der Waals surface area (Å²) >= 11 is 3.37. The second kappa shape index (κ2) is 6.06. The Hall–Kier alpha value is -1.56. The van der Waals surface area contributed by atoms with Crippen LogP contribution < -0.4 is 15.4 Å². The highest BCUT2D eigenvalue weighted by Crippen LogP contribution is 2.28. The van der Waals surface area contributed by atoms with Crippen LogP contribution in [-0.2, 0) is 9.59 Å². The number of carbonyl (C=O) groups excluding carboxylic acids is 2. The average Bonchev–Trinajstić information content (AvgIpc) is 2.39. The van der Waals surface area contributed by atoms with Gasteiger partial charge in [-0.3, -0.25) is 9.59 Å². The van der Waals surface area contributed by atoms with Gasteiger partial charge in [0.2, 0.25) is 11.8 Å². The number of amides is 2. The van der Waals surface area contributed by atoms with Crippen molar-refractivity contribution in [1.29, 1.82) is 0 Å². The summed E-state index contributed by atoms with van der Waals surface area (Å²) in [6.07, 6.45) is 0.999. The van der Waals surface area contributed by atoms with Crippen LogP contribution >= 0.6 is 15.9 Å². The van der Waals surface area contributed by atoms with E-state index in [2.05, 4.69) is 26.6 Å². The summed E-state index contributed by atoms with van der Waals surface area (Å²) in [5.74, 6) is 0.481. The Balaban J connectivity index is 1.99. The van der Waals surface area contributed by atoms with E-state index in [1.807, 2.05) is 0 Å². The van der Waals surface area contributed by atoms with Crippen molar-refractivity contribution in [2.75, 3.05) is 19.0 Å². The van der Waals surface area contributed by atoms with Crippen molar-refractivity contribution in [3.8, 4) is 5.75 Å². The van der Waals surface area contributed by atoms with Gasteiger partial charge in [-0.25, -0.2) is 0 Å². The SMILES string of the molecule is COc1ccc(NC(=O)C2CCC(=O)NC2)cc1Br. The van der Waals surface area contributed by atoms with Gasteiger partial charge in [0.05, 0.1) is 17.5 Å². The molecule has 1 fully saturated rings. The van der Waals surface area contributed by atoms with Crippen molar-refractivity contribution in [1.82, 2.24) is 5.32 Å². The van der Waals surface area contributed by atoms with Crippen molar-refractivity contribution >= 4 is 33.4 Å². The summed E-state index contributed by atoms with van der Waals surface area (Å²) in [4.78, 5) is 23.1. The first kappa shape index (κ1) is 13.9. The Morgan fingerprint density at radius 1 is 1.53 bits per heavy atom. The van der Waals surface area contributed by atoms with Crippen LogP contribution in [0.3, 0.4) is 0 Å². The highest BCUT2D eigenvalue weighted by Gasteiger charge is 2.24. The van der Waals surface area contributed by atoms with Gasteiger partial charge in [-0.15, -0.1) is 0 Å². The van der Waals surface area contributed by atoms with Crippen molar-refractivity contribution in [2.24, 2.45) is 5.92 Å². The smallest absolute Gasteiger partial charge is 0.229 e. The van der Waals surface area contributed by atoms with E-state index in [4.69, 9.17) is 4.74 Å². The zero-order valence-electron chi connectivity index (χ0n) is 10.5. The van der Waals surface area contributed by atoms with Crippen LogP contribution in [0.1, 0.15) is 12.8 Å². The summed E-state index contributed by atoms with van der Waals surface area (Å²) in [6.45, 7) is 0.405. The lowest BCUT2D eigenvalue weighted by atomic mass is 9.98. The number of hydrogen-bond donors (Lipinski definition) is 2. The number of piperidine rings is 1. The normalized spacial score (nSPS) is 18.6. The third-order valence-corrected chi connectivity index (χ3v) is 3.68. The summed E-state index contributed by atoms with van der Waals surface area (Å²) < 4.78 is 5.91. The number of methoxy groups -OCH3 is 1. The first-order valence-electron chi connectivity index (χ1n) is 6.01. The Kier molecular flexibility index (Phi) is 4.42. The second-order valence-electron chi connectivity index (χ2n) is 4.38. The molecular formula is C13H15BrN2O3. The van der Waals surface area contributed by atoms with E-state index >= 15 is 0 Å². The molecule has 1 atom stereocenters. The van der Waals surface area contributed by atoms with Crippen molar-refractivity contribution in [2.45, 2.75) is 12.8 Å². The molecule has 0 aliphatic carbocycles. The van der Waals surface area contributed by atoms with Crippen molar-refractivity contribution in [3.05, 3.63) is 22.7 Å². The van der Waals surface area contributed by atoms with E-state index in [9.17, 15) is 9.59 Å². The Morgan fingerprint density at radius 2 is 2.32 bits per heavy atom. The minimum atomic E-state index is -0.168. The quantitative estimate of drug-likeness (QED) is 0.891. The molecule has 0 saturated carbocycles. The van der Waals surface area contributed by atoms with Gasteiger partial charge in [-0.1, -0.05) is 0 Å². The molecule has 1 aromatic carbocycles. The predicted molar refractivity (Wildman–Crippen MR) is 75.1 cm³/mol. The third kappa shape index (κ3) is 3.47. The summed E-state index contributed by atoms with van der Waals surface area (Å²) in [6, 6.07) is 5.35. The molecule has 102 valence electrons. The first-order valence-corrected chi connectivity index (χ1v) is 6.80. The van der Waals surface area contributed by atoms with Gasteiger partial charge >= 0.3 is 0 Å². The molecule has 2 rings (SSSR count). The largest absolute Gasteiger partial charge is 0.496 e. The molecule has 2 amide bonds. The summed E-state index contributed by atoms with van der Waals surface area (Å²) in [7, 11) is 1.59. The number of carbonyl (C=O) groups is 2. The van der Waals surface area contributed by atoms with Crippen LogP contribution in [0.4, 0.5) is 5.69 Å². The monoisotopic (exact) mass is 326 g/mol. The fraction of sp³-hybridized carbons (Fsp3) is 0.385. The number of anilines is 1. The van der Waals surface area contributed by atoms with Crippen LogP contribution in [0.5, 0.6) is 5.75 Å². The van der Waals surface area contributed by atoms with Crippen molar-refractivity contribution < 1.29 is 14.3 Å². The molecule has 0 spiro atoms. The zero-order chi connectivity index (χ0) is 13.8. The van der Waals surface area contributed by atoms with E-state index in [0.29, 0.717) is 30.8 Å². The first-order chi connectivity index (χ1) is 9.10. The highest BCUT2D eigenvalue weighted by atomic mass is 79.9.